The Kier molecular flexibility index (Phi) is 2.49. The molecule has 0 aliphatic carbocycles. The summed E-state index contributed by atoms with van der Waals surface area (Å²) in [5, 5.41) is 8.08. The molecule has 2 heterocycles. The van der Waals surface area contributed by atoms with E-state index in [0.717, 1.165) is 18.5 Å². The number of fused-ring (bicyclic) bond motifs is 1. The lowest BCUT2D eigenvalue weighted by molar-refractivity contribution is 0.427. The summed E-state index contributed by atoms with van der Waals surface area (Å²) < 4.78 is 1.83. The van der Waals surface area contributed by atoms with Crippen molar-refractivity contribution in [2.75, 3.05) is 5.73 Å². The Morgan fingerprint density at radius 2 is 2.07 bits per heavy atom. The van der Waals surface area contributed by atoms with Gasteiger partial charge in [0.25, 0.3) is 0 Å². The zero-order valence-electron chi connectivity index (χ0n) is 8.88. The largest absolute Gasteiger partial charge is 0.382 e. The van der Waals surface area contributed by atoms with Crippen LogP contribution in [-0.2, 0) is 0 Å². The van der Waals surface area contributed by atoms with E-state index >= 15 is 0 Å². The van der Waals surface area contributed by atoms with E-state index in [1.165, 1.54) is 6.33 Å². The van der Waals surface area contributed by atoms with Gasteiger partial charge >= 0.3 is 0 Å². The zero-order valence-corrected chi connectivity index (χ0v) is 8.88. The second-order valence-corrected chi connectivity index (χ2v) is 3.44. The second kappa shape index (κ2) is 3.80. The number of anilines is 1. The van der Waals surface area contributed by atoms with Gasteiger partial charge in [0.2, 0.25) is 0 Å². The standard InChI is InChI=1S/C9H14N6/c1-3-6(4-2)15-9-7(13-14-15)8(10)11-5-12-9/h5-6H,3-4H2,1-2H3,(H2,10,11,12). The molecule has 0 saturated heterocycles. The third-order valence-electron chi connectivity index (χ3n) is 2.58. The highest BCUT2D eigenvalue weighted by molar-refractivity contribution is 5.80. The van der Waals surface area contributed by atoms with Gasteiger partial charge in [-0.2, -0.15) is 0 Å². The van der Waals surface area contributed by atoms with E-state index < -0.39 is 0 Å². The summed E-state index contributed by atoms with van der Waals surface area (Å²) in [7, 11) is 0. The second-order valence-electron chi connectivity index (χ2n) is 3.44. The molecule has 6 nitrogen and oxygen atoms in total. The van der Waals surface area contributed by atoms with Crippen molar-refractivity contribution in [3.05, 3.63) is 6.33 Å². The minimum absolute atomic E-state index is 0.323. The molecule has 0 atom stereocenters. The van der Waals surface area contributed by atoms with Gasteiger partial charge < -0.3 is 5.73 Å². The highest BCUT2D eigenvalue weighted by atomic mass is 15.5. The predicted molar refractivity (Wildman–Crippen MR) is 57.1 cm³/mol. The average Bonchev–Trinajstić information content (AvgIpc) is 2.66. The Bertz CT molecular complexity index is 459. The maximum absolute atomic E-state index is 5.69. The van der Waals surface area contributed by atoms with Crippen molar-refractivity contribution in [1.82, 2.24) is 25.0 Å². The molecular formula is C9H14N6. The van der Waals surface area contributed by atoms with E-state index in [1.807, 2.05) is 4.68 Å². The number of nitrogen functional groups attached to an aromatic ring is 1. The van der Waals surface area contributed by atoms with E-state index in [9.17, 15) is 0 Å². The normalized spacial score (nSPS) is 11.4. The average molecular weight is 206 g/mol. The SMILES string of the molecule is CCC(CC)n1nnc2c(N)ncnc21. The van der Waals surface area contributed by atoms with Gasteiger partial charge in [-0.25, -0.2) is 14.6 Å². The smallest absolute Gasteiger partial charge is 0.184 e. The maximum atomic E-state index is 5.69. The molecule has 0 unspecified atom stereocenters. The van der Waals surface area contributed by atoms with Crippen molar-refractivity contribution in [3.8, 4) is 0 Å². The first-order valence-corrected chi connectivity index (χ1v) is 5.09. The van der Waals surface area contributed by atoms with Crippen molar-refractivity contribution in [2.45, 2.75) is 32.7 Å². The molecular weight excluding hydrogens is 192 g/mol. The summed E-state index contributed by atoms with van der Waals surface area (Å²) in [6.07, 6.45) is 3.44. The van der Waals surface area contributed by atoms with Crippen molar-refractivity contribution in [3.63, 3.8) is 0 Å². The molecule has 80 valence electrons. The fraction of sp³-hybridized carbons (Fsp3) is 0.556. The molecule has 6 heteroatoms. The van der Waals surface area contributed by atoms with Gasteiger partial charge in [-0.1, -0.05) is 19.1 Å². The van der Waals surface area contributed by atoms with Crippen LogP contribution in [0.2, 0.25) is 0 Å². The third kappa shape index (κ3) is 1.51. The third-order valence-corrected chi connectivity index (χ3v) is 2.58. The van der Waals surface area contributed by atoms with Crippen LogP contribution in [-0.4, -0.2) is 25.0 Å². The van der Waals surface area contributed by atoms with Gasteiger partial charge in [0, 0.05) is 0 Å². The Hall–Kier alpha value is -1.72. The van der Waals surface area contributed by atoms with Crippen LogP contribution in [0.15, 0.2) is 6.33 Å². The molecule has 0 bridgehead atoms. The monoisotopic (exact) mass is 206 g/mol. The van der Waals surface area contributed by atoms with Gasteiger partial charge in [-0.05, 0) is 12.8 Å². The molecule has 0 radical (unpaired) electrons. The summed E-state index contributed by atoms with van der Waals surface area (Å²) in [5.41, 5.74) is 6.99. The van der Waals surface area contributed by atoms with E-state index in [1.54, 1.807) is 0 Å². The minimum atomic E-state index is 0.323. The van der Waals surface area contributed by atoms with Crippen LogP contribution >= 0.6 is 0 Å². The summed E-state index contributed by atoms with van der Waals surface area (Å²) >= 11 is 0. The number of aromatic nitrogens is 5. The van der Waals surface area contributed by atoms with E-state index in [4.69, 9.17) is 5.73 Å². The molecule has 2 aromatic heterocycles. The van der Waals surface area contributed by atoms with Crippen LogP contribution in [0.4, 0.5) is 5.82 Å². The van der Waals surface area contributed by atoms with Crippen LogP contribution in [0.25, 0.3) is 11.2 Å². The molecule has 0 spiro atoms. The van der Waals surface area contributed by atoms with Crippen molar-refractivity contribution in [2.24, 2.45) is 0 Å². The molecule has 2 aromatic rings. The number of rotatable bonds is 3. The molecule has 2 N–H and O–H groups in total. The predicted octanol–water partition coefficient (Wildman–Crippen LogP) is 1.16. The summed E-state index contributed by atoms with van der Waals surface area (Å²) in [4.78, 5) is 8.05. The lowest BCUT2D eigenvalue weighted by Gasteiger charge is -2.11. The first-order chi connectivity index (χ1) is 7.27. The van der Waals surface area contributed by atoms with Crippen LogP contribution in [0.1, 0.15) is 32.7 Å². The van der Waals surface area contributed by atoms with E-state index in [2.05, 4.69) is 34.1 Å². The molecule has 0 saturated carbocycles. The van der Waals surface area contributed by atoms with Gasteiger partial charge in [-0.15, -0.1) is 5.10 Å². The van der Waals surface area contributed by atoms with Crippen LogP contribution in [0.5, 0.6) is 0 Å². The van der Waals surface area contributed by atoms with Crippen molar-refractivity contribution in [1.29, 1.82) is 0 Å². The van der Waals surface area contributed by atoms with Gasteiger partial charge in [0.15, 0.2) is 17.0 Å². The molecule has 15 heavy (non-hydrogen) atoms. The first-order valence-electron chi connectivity index (χ1n) is 5.09. The van der Waals surface area contributed by atoms with Gasteiger partial charge in [0.1, 0.15) is 6.33 Å². The summed E-state index contributed by atoms with van der Waals surface area (Å²) in [6.45, 7) is 4.23. The lowest BCUT2D eigenvalue weighted by atomic mass is 10.2. The first kappa shape index (κ1) is 9.82. The summed E-state index contributed by atoms with van der Waals surface area (Å²) in [5.74, 6) is 0.386. The number of hydrogen-bond acceptors (Lipinski definition) is 5. The molecule has 0 fully saturated rings. The van der Waals surface area contributed by atoms with Crippen LogP contribution in [0, 0.1) is 0 Å². The number of nitrogens with zero attached hydrogens (tertiary/aromatic N) is 5. The molecule has 0 amide bonds. The van der Waals surface area contributed by atoms with E-state index in [0.29, 0.717) is 17.4 Å². The fourth-order valence-corrected chi connectivity index (χ4v) is 1.66. The summed E-state index contributed by atoms with van der Waals surface area (Å²) in [6, 6.07) is 0.323. The Morgan fingerprint density at radius 3 is 2.73 bits per heavy atom. The Morgan fingerprint density at radius 1 is 1.33 bits per heavy atom. The highest BCUT2D eigenvalue weighted by Gasteiger charge is 2.14. The Labute approximate surface area is 87.5 Å². The minimum Gasteiger partial charge on any atom is -0.382 e. The molecule has 0 aliphatic heterocycles. The number of hydrogen-bond donors (Lipinski definition) is 1. The topological polar surface area (TPSA) is 82.5 Å². The molecule has 0 aliphatic rings. The van der Waals surface area contributed by atoms with Crippen molar-refractivity contribution >= 4 is 17.0 Å². The van der Waals surface area contributed by atoms with Crippen LogP contribution < -0.4 is 5.73 Å². The highest BCUT2D eigenvalue weighted by Crippen LogP contribution is 2.20. The molecule has 2 rings (SSSR count). The fourth-order valence-electron chi connectivity index (χ4n) is 1.66. The van der Waals surface area contributed by atoms with Crippen molar-refractivity contribution < 1.29 is 0 Å². The lowest BCUT2D eigenvalue weighted by Crippen LogP contribution is -2.09. The van der Waals surface area contributed by atoms with Crippen LogP contribution in [0.3, 0.4) is 0 Å². The van der Waals surface area contributed by atoms with E-state index in [-0.39, 0.29) is 0 Å². The quantitative estimate of drug-likeness (QED) is 0.814. The van der Waals surface area contributed by atoms with Gasteiger partial charge in [-0.3, -0.25) is 0 Å². The zero-order chi connectivity index (χ0) is 10.8. The van der Waals surface area contributed by atoms with Gasteiger partial charge in [0.05, 0.1) is 6.04 Å². The molecule has 0 aromatic carbocycles. The number of nitrogens with two attached hydrogens (primary N) is 1. The maximum Gasteiger partial charge on any atom is 0.184 e. The Balaban J connectivity index is 2.58.